The number of nitrogens with one attached hydrogen (secondary N) is 1. The van der Waals surface area contributed by atoms with Crippen LogP contribution in [0.3, 0.4) is 0 Å². The van der Waals surface area contributed by atoms with Crippen molar-refractivity contribution < 1.29 is 13.7 Å². The predicted molar refractivity (Wildman–Crippen MR) is 103 cm³/mol. The van der Waals surface area contributed by atoms with Gasteiger partial charge in [0, 0.05) is 11.6 Å². The Balaban J connectivity index is 1.42. The van der Waals surface area contributed by atoms with Crippen LogP contribution in [0.2, 0.25) is 0 Å². The van der Waals surface area contributed by atoms with E-state index in [4.69, 9.17) is 4.52 Å². The number of aromatic nitrogens is 2. The molecule has 0 unspecified atom stereocenters. The summed E-state index contributed by atoms with van der Waals surface area (Å²) in [6, 6.07) is 6.31. The number of hydrogen-bond donors (Lipinski definition) is 1. The average molecular weight is 386 g/mol. The van der Waals surface area contributed by atoms with Gasteiger partial charge in [-0.2, -0.15) is 4.98 Å². The van der Waals surface area contributed by atoms with Crippen LogP contribution >= 0.6 is 0 Å². The molecule has 1 saturated carbocycles. The van der Waals surface area contributed by atoms with Gasteiger partial charge in [0.25, 0.3) is 0 Å². The number of benzene rings is 1. The quantitative estimate of drug-likeness (QED) is 0.845. The molecule has 2 fully saturated rings. The van der Waals surface area contributed by atoms with Crippen molar-refractivity contribution >= 4 is 5.91 Å². The summed E-state index contributed by atoms with van der Waals surface area (Å²) in [7, 11) is 0. The molecular weight excluding hydrogens is 359 g/mol. The Labute approximate surface area is 164 Å². The fourth-order valence-corrected chi connectivity index (χ4v) is 4.25. The van der Waals surface area contributed by atoms with Gasteiger partial charge >= 0.3 is 0 Å². The van der Waals surface area contributed by atoms with Crippen LogP contribution in [0.25, 0.3) is 11.4 Å². The molecule has 1 N–H and O–H groups in total. The van der Waals surface area contributed by atoms with Gasteiger partial charge in [0.1, 0.15) is 5.82 Å². The van der Waals surface area contributed by atoms with Gasteiger partial charge in [-0.1, -0.05) is 30.8 Å². The van der Waals surface area contributed by atoms with Gasteiger partial charge in [0.2, 0.25) is 17.6 Å². The van der Waals surface area contributed by atoms with Gasteiger partial charge in [-0.15, -0.1) is 0 Å². The monoisotopic (exact) mass is 386 g/mol. The zero-order valence-electron chi connectivity index (χ0n) is 16.1. The van der Waals surface area contributed by atoms with E-state index in [0.717, 1.165) is 38.6 Å². The Kier molecular flexibility index (Phi) is 6.00. The molecule has 7 heteroatoms. The van der Waals surface area contributed by atoms with Crippen molar-refractivity contribution in [3.8, 4) is 11.4 Å². The van der Waals surface area contributed by atoms with E-state index in [1.807, 2.05) is 0 Å². The highest BCUT2D eigenvalue weighted by Gasteiger charge is 2.30. The zero-order valence-corrected chi connectivity index (χ0v) is 16.1. The van der Waals surface area contributed by atoms with E-state index in [1.165, 1.54) is 31.4 Å². The zero-order chi connectivity index (χ0) is 19.3. The molecule has 2 aromatic rings. The Morgan fingerprint density at radius 2 is 1.86 bits per heavy atom. The van der Waals surface area contributed by atoms with E-state index in [9.17, 15) is 9.18 Å². The highest BCUT2D eigenvalue weighted by molar-refractivity contribution is 5.78. The molecule has 1 saturated heterocycles. The topological polar surface area (TPSA) is 71.3 Å². The summed E-state index contributed by atoms with van der Waals surface area (Å²) in [6.07, 6.45) is 8.86. The molecule has 28 heavy (non-hydrogen) atoms. The maximum absolute atomic E-state index is 13.1. The van der Waals surface area contributed by atoms with Crippen molar-refractivity contribution in [3.63, 3.8) is 0 Å². The van der Waals surface area contributed by atoms with Crippen LogP contribution < -0.4 is 5.32 Å². The SMILES string of the molecule is O=C(CN1CCCC[C@@H]1c1nc(-c2ccc(F)cc2)no1)NC1CCCCC1. The van der Waals surface area contributed by atoms with Crippen molar-refractivity contribution in [2.45, 2.75) is 63.5 Å². The van der Waals surface area contributed by atoms with E-state index >= 15 is 0 Å². The normalized spacial score (nSPS) is 21.5. The third kappa shape index (κ3) is 4.58. The van der Waals surface area contributed by atoms with Gasteiger partial charge < -0.3 is 9.84 Å². The molecule has 1 aromatic heterocycles. The molecule has 1 amide bonds. The van der Waals surface area contributed by atoms with Crippen LogP contribution in [0.1, 0.15) is 63.3 Å². The highest BCUT2D eigenvalue weighted by Crippen LogP contribution is 2.31. The van der Waals surface area contributed by atoms with Gasteiger partial charge in [0.15, 0.2) is 0 Å². The van der Waals surface area contributed by atoms with Crippen LogP contribution in [0.5, 0.6) is 0 Å². The number of rotatable bonds is 5. The van der Waals surface area contributed by atoms with Gasteiger partial charge in [-0.05, 0) is 56.5 Å². The molecule has 1 aliphatic heterocycles. The number of halogens is 1. The summed E-state index contributed by atoms with van der Waals surface area (Å²) in [4.78, 5) is 19.2. The van der Waals surface area contributed by atoms with E-state index in [0.29, 0.717) is 29.9 Å². The smallest absolute Gasteiger partial charge is 0.244 e. The maximum Gasteiger partial charge on any atom is 0.244 e. The fraction of sp³-hybridized carbons (Fsp3) is 0.571. The van der Waals surface area contributed by atoms with E-state index in [2.05, 4.69) is 20.4 Å². The van der Waals surface area contributed by atoms with Crippen molar-refractivity contribution in [1.82, 2.24) is 20.4 Å². The van der Waals surface area contributed by atoms with Crippen LogP contribution in [-0.4, -0.2) is 40.1 Å². The van der Waals surface area contributed by atoms with E-state index < -0.39 is 0 Å². The lowest BCUT2D eigenvalue weighted by Gasteiger charge is -2.33. The summed E-state index contributed by atoms with van der Waals surface area (Å²) in [5.41, 5.74) is 0.716. The lowest BCUT2D eigenvalue weighted by atomic mass is 9.95. The Hall–Kier alpha value is -2.28. The highest BCUT2D eigenvalue weighted by atomic mass is 19.1. The molecule has 1 atom stereocenters. The minimum absolute atomic E-state index is 0.0486. The Bertz CT molecular complexity index is 786. The third-order valence-electron chi connectivity index (χ3n) is 5.76. The second-order valence-corrected chi connectivity index (χ2v) is 7.85. The third-order valence-corrected chi connectivity index (χ3v) is 5.76. The van der Waals surface area contributed by atoms with Crippen LogP contribution in [0, 0.1) is 5.82 Å². The first-order valence-corrected chi connectivity index (χ1v) is 10.3. The number of carbonyl (C=O) groups excluding carboxylic acids is 1. The number of nitrogens with zero attached hydrogens (tertiary/aromatic N) is 3. The van der Waals surface area contributed by atoms with Crippen molar-refractivity contribution in [2.75, 3.05) is 13.1 Å². The minimum Gasteiger partial charge on any atom is -0.352 e. The van der Waals surface area contributed by atoms with Crippen molar-refractivity contribution in [3.05, 3.63) is 36.0 Å². The second-order valence-electron chi connectivity index (χ2n) is 7.85. The fourth-order valence-electron chi connectivity index (χ4n) is 4.25. The molecule has 4 rings (SSSR count). The molecule has 2 heterocycles. The van der Waals surface area contributed by atoms with Crippen molar-refractivity contribution in [2.24, 2.45) is 0 Å². The van der Waals surface area contributed by atoms with Gasteiger partial charge in [0.05, 0.1) is 12.6 Å². The molecule has 0 spiro atoms. The molecular formula is C21H27FN4O2. The molecule has 1 aliphatic carbocycles. The molecule has 2 aliphatic rings. The molecule has 0 bridgehead atoms. The number of amides is 1. The summed E-state index contributed by atoms with van der Waals surface area (Å²) >= 11 is 0. The molecule has 1 aromatic carbocycles. The standard InChI is InChI=1S/C21H27FN4O2/c22-16-11-9-15(10-12-16)20-24-21(28-25-20)18-8-4-5-13-26(18)14-19(27)23-17-6-2-1-3-7-17/h9-12,17-18H,1-8,13-14H2,(H,23,27)/t18-/m1/s1. The summed E-state index contributed by atoms with van der Waals surface area (Å²) in [6.45, 7) is 1.20. The maximum atomic E-state index is 13.1. The van der Waals surface area contributed by atoms with Gasteiger partial charge in [-0.25, -0.2) is 4.39 Å². The first kappa shape index (κ1) is 19.1. The molecule has 150 valence electrons. The summed E-state index contributed by atoms with van der Waals surface area (Å²) in [5.74, 6) is 0.767. The number of hydrogen-bond acceptors (Lipinski definition) is 5. The largest absolute Gasteiger partial charge is 0.352 e. The first-order chi connectivity index (χ1) is 13.7. The number of carbonyl (C=O) groups is 1. The number of piperidine rings is 1. The second kappa shape index (κ2) is 8.82. The van der Waals surface area contributed by atoms with Crippen LogP contribution in [0.15, 0.2) is 28.8 Å². The average Bonchev–Trinajstić information content (AvgIpc) is 3.19. The van der Waals surface area contributed by atoms with Crippen LogP contribution in [-0.2, 0) is 4.79 Å². The summed E-state index contributed by atoms with van der Waals surface area (Å²) in [5, 5.41) is 7.25. The lowest BCUT2D eigenvalue weighted by molar-refractivity contribution is -0.124. The first-order valence-electron chi connectivity index (χ1n) is 10.3. The predicted octanol–water partition coefficient (Wildman–Crippen LogP) is 3.85. The number of likely N-dealkylation sites (tertiary alicyclic amines) is 1. The minimum atomic E-state index is -0.296. The van der Waals surface area contributed by atoms with E-state index in [1.54, 1.807) is 12.1 Å². The van der Waals surface area contributed by atoms with Crippen molar-refractivity contribution in [1.29, 1.82) is 0 Å². The molecule has 6 nitrogen and oxygen atoms in total. The van der Waals surface area contributed by atoms with Crippen LogP contribution in [0.4, 0.5) is 4.39 Å². The summed E-state index contributed by atoms with van der Waals surface area (Å²) < 4.78 is 18.7. The lowest BCUT2D eigenvalue weighted by Crippen LogP contribution is -2.45. The molecule has 0 radical (unpaired) electrons. The Morgan fingerprint density at radius 1 is 1.11 bits per heavy atom. The van der Waals surface area contributed by atoms with Gasteiger partial charge in [-0.3, -0.25) is 9.69 Å². The van der Waals surface area contributed by atoms with E-state index in [-0.39, 0.29) is 17.8 Å². The Morgan fingerprint density at radius 3 is 2.64 bits per heavy atom.